The molecule has 1 rings (SSSR count). The van der Waals surface area contributed by atoms with E-state index in [4.69, 9.17) is 10.8 Å². The van der Waals surface area contributed by atoms with E-state index in [2.05, 4.69) is 4.98 Å². The third kappa shape index (κ3) is 1.40. The molecule has 0 aromatic carbocycles. The summed E-state index contributed by atoms with van der Waals surface area (Å²) in [5.41, 5.74) is 4.73. The molecule has 0 aliphatic carbocycles. The Bertz CT molecular complexity index is 314. The summed E-state index contributed by atoms with van der Waals surface area (Å²) in [6.45, 7) is -0.0331. The number of hydrogen-bond acceptors (Lipinski definition) is 3. The Kier molecular flexibility index (Phi) is 2.35. The lowest BCUT2D eigenvalue weighted by Gasteiger charge is -2.00. The molecule has 1 aromatic heterocycles. The van der Waals surface area contributed by atoms with Gasteiger partial charge in [-0.3, -0.25) is 0 Å². The van der Waals surface area contributed by atoms with Gasteiger partial charge in [0, 0.05) is 18.3 Å². The van der Waals surface area contributed by atoms with Crippen LogP contribution in [-0.4, -0.2) is 16.1 Å². The fourth-order valence-electron chi connectivity index (χ4n) is 0.790. The summed E-state index contributed by atoms with van der Waals surface area (Å²) in [4.78, 5) is 13.7. The molecular formula is C7H7FN2O2. The number of aromatic nitrogens is 1. The number of nitrogens with zero attached hydrogens (tertiary/aromatic N) is 1. The summed E-state index contributed by atoms with van der Waals surface area (Å²) in [6, 6.07) is 1.35. The summed E-state index contributed by atoms with van der Waals surface area (Å²) in [6.07, 6.45) is 1.22. The van der Waals surface area contributed by atoms with Crippen molar-refractivity contribution in [2.45, 2.75) is 6.54 Å². The third-order valence-electron chi connectivity index (χ3n) is 1.39. The molecule has 0 atom stereocenters. The first-order valence-corrected chi connectivity index (χ1v) is 3.23. The Morgan fingerprint density at radius 3 is 2.92 bits per heavy atom. The highest BCUT2D eigenvalue weighted by Crippen LogP contribution is 2.08. The lowest BCUT2D eigenvalue weighted by Crippen LogP contribution is -2.09. The quantitative estimate of drug-likeness (QED) is 0.672. The molecule has 4 nitrogen and oxygen atoms in total. The monoisotopic (exact) mass is 170 g/mol. The lowest BCUT2D eigenvalue weighted by atomic mass is 10.2. The smallest absolute Gasteiger partial charge is 0.357 e. The van der Waals surface area contributed by atoms with E-state index in [-0.39, 0.29) is 12.1 Å². The maximum absolute atomic E-state index is 13.0. The van der Waals surface area contributed by atoms with Crippen LogP contribution in [0.3, 0.4) is 0 Å². The van der Waals surface area contributed by atoms with Crippen LogP contribution in [0, 0.1) is 5.82 Å². The van der Waals surface area contributed by atoms with Crippen LogP contribution in [0.2, 0.25) is 0 Å². The number of carbonyl (C=O) groups is 1. The molecule has 3 N–H and O–H groups in total. The largest absolute Gasteiger partial charge is 0.476 e. The van der Waals surface area contributed by atoms with Gasteiger partial charge in [-0.15, -0.1) is 0 Å². The molecule has 64 valence electrons. The van der Waals surface area contributed by atoms with Gasteiger partial charge in [-0.25, -0.2) is 14.2 Å². The number of carboxylic acid groups (broad SMARTS) is 1. The van der Waals surface area contributed by atoms with Gasteiger partial charge in [-0.05, 0) is 6.07 Å². The van der Waals surface area contributed by atoms with Crippen LogP contribution in [0.4, 0.5) is 4.39 Å². The molecule has 0 amide bonds. The van der Waals surface area contributed by atoms with Crippen molar-refractivity contribution in [1.82, 2.24) is 4.98 Å². The number of hydrogen-bond donors (Lipinski definition) is 2. The molecule has 0 aliphatic rings. The van der Waals surface area contributed by atoms with Gasteiger partial charge in [0.1, 0.15) is 0 Å². The fourth-order valence-corrected chi connectivity index (χ4v) is 0.790. The van der Waals surface area contributed by atoms with Gasteiger partial charge in [0.25, 0.3) is 0 Å². The summed E-state index contributed by atoms with van der Waals surface area (Å²) in [5, 5.41) is 8.44. The number of aromatic carboxylic acids is 1. The normalized spacial score (nSPS) is 9.83. The molecule has 0 saturated heterocycles. The van der Waals surface area contributed by atoms with E-state index in [0.717, 1.165) is 0 Å². The first-order chi connectivity index (χ1) is 5.66. The van der Waals surface area contributed by atoms with Crippen molar-refractivity contribution in [3.63, 3.8) is 0 Å². The Balaban J connectivity index is 3.23. The molecule has 0 saturated carbocycles. The minimum atomic E-state index is -1.39. The highest BCUT2D eigenvalue weighted by molar-refractivity contribution is 5.85. The third-order valence-corrected chi connectivity index (χ3v) is 1.39. The molecule has 0 aliphatic heterocycles. The van der Waals surface area contributed by atoms with Crippen LogP contribution in [0.5, 0.6) is 0 Å². The zero-order chi connectivity index (χ0) is 9.14. The Morgan fingerprint density at radius 2 is 2.42 bits per heavy atom. The highest BCUT2D eigenvalue weighted by Gasteiger charge is 2.13. The number of nitrogens with two attached hydrogens (primary N) is 1. The molecule has 0 fully saturated rings. The van der Waals surface area contributed by atoms with Gasteiger partial charge in [0.05, 0.1) is 0 Å². The van der Waals surface area contributed by atoms with Gasteiger partial charge < -0.3 is 10.8 Å². The van der Waals surface area contributed by atoms with Gasteiger partial charge >= 0.3 is 5.97 Å². The summed E-state index contributed by atoms with van der Waals surface area (Å²) in [7, 11) is 0. The molecule has 0 radical (unpaired) electrons. The van der Waals surface area contributed by atoms with Crippen LogP contribution in [0.1, 0.15) is 16.1 Å². The van der Waals surface area contributed by atoms with E-state index in [1.165, 1.54) is 12.3 Å². The first-order valence-electron chi connectivity index (χ1n) is 3.23. The maximum atomic E-state index is 13.0. The number of carboxylic acids is 1. The van der Waals surface area contributed by atoms with Gasteiger partial charge in [0.15, 0.2) is 11.5 Å². The molecule has 0 unspecified atom stereocenters. The molecular weight excluding hydrogens is 163 g/mol. The Labute approximate surface area is 67.8 Å². The molecule has 0 spiro atoms. The average molecular weight is 170 g/mol. The van der Waals surface area contributed by atoms with E-state index in [1.54, 1.807) is 0 Å². The summed E-state index contributed by atoms with van der Waals surface area (Å²) < 4.78 is 13.0. The minimum Gasteiger partial charge on any atom is -0.476 e. The van der Waals surface area contributed by atoms with E-state index in [1.807, 2.05) is 0 Å². The van der Waals surface area contributed by atoms with Crippen molar-refractivity contribution in [1.29, 1.82) is 0 Å². The van der Waals surface area contributed by atoms with Gasteiger partial charge in [-0.1, -0.05) is 0 Å². The van der Waals surface area contributed by atoms with Gasteiger partial charge in [-0.2, -0.15) is 0 Å². The number of halogens is 1. The van der Waals surface area contributed by atoms with E-state index < -0.39 is 17.5 Å². The van der Waals surface area contributed by atoms with Crippen molar-refractivity contribution >= 4 is 5.97 Å². The second-order valence-corrected chi connectivity index (χ2v) is 2.14. The van der Waals surface area contributed by atoms with E-state index in [0.29, 0.717) is 0 Å². The molecule has 0 bridgehead atoms. The van der Waals surface area contributed by atoms with Crippen molar-refractivity contribution < 1.29 is 14.3 Å². The van der Waals surface area contributed by atoms with Crippen molar-refractivity contribution in [2.75, 3.05) is 0 Å². The van der Waals surface area contributed by atoms with Crippen LogP contribution in [0.25, 0.3) is 0 Å². The molecule has 5 heteroatoms. The molecule has 1 heterocycles. The second-order valence-electron chi connectivity index (χ2n) is 2.14. The Morgan fingerprint density at radius 1 is 1.75 bits per heavy atom. The standard InChI is InChI=1S/C7H7FN2O2/c8-5-4(3-9)1-2-10-6(5)7(11)12/h1-2H,3,9H2,(H,11,12). The van der Waals surface area contributed by atoms with Crippen molar-refractivity contribution in [3.05, 3.63) is 29.3 Å². The number of rotatable bonds is 2. The zero-order valence-electron chi connectivity index (χ0n) is 6.12. The summed E-state index contributed by atoms with van der Waals surface area (Å²) in [5.74, 6) is -2.24. The zero-order valence-corrected chi connectivity index (χ0v) is 6.12. The Hall–Kier alpha value is -1.49. The fraction of sp³-hybridized carbons (Fsp3) is 0.143. The van der Waals surface area contributed by atoms with Crippen LogP contribution in [0.15, 0.2) is 12.3 Å². The summed E-state index contributed by atoms with van der Waals surface area (Å²) >= 11 is 0. The van der Waals surface area contributed by atoms with Gasteiger partial charge in [0.2, 0.25) is 0 Å². The molecule has 1 aromatic rings. The lowest BCUT2D eigenvalue weighted by molar-refractivity contribution is 0.0684. The number of pyridine rings is 1. The van der Waals surface area contributed by atoms with Crippen LogP contribution >= 0.6 is 0 Å². The van der Waals surface area contributed by atoms with Crippen LogP contribution < -0.4 is 5.73 Å². The highest BCUT2D eigenvalue weighted by atomic mass is 19.1. The van der Waals surface area contributed by atoms with Crippen molar-refractivity contribution in [2.24, 2.45) is 5.73 Å². The SMILES string of the molecule is NCc1ccnc(C(=O)O)c1F. The van der Waals surface area contributed by atoms with Crippen molar-refractivity contribution in [3.8, 4) is 0 Å². The predicted octanol–water partition coefficient (Wildman–Crippen LogP) is 0.378. The average Bonchev–Trinajstić information content (AvgIpc) is 2.04. The van der Waals surface area contributed by atoms with Crippen LogP contribution in [-0.2, 0) is 6.54 Å². The first kappa shape index (κ1) is 8.61. The second kappa shape index (κ2) is 3.27. The maximum Gasteiger partial charge on any atom is 0.357 e. The molecule has 12 heavy (non-hydrogen) atoms. The van der Waals surface area contributed by atoms with E-state index in [9.17, 15) is 9.18 Å². The predicted molar refractivity (Wildman–Crippen MR) is 39.0 cm³/mol. The topological polar surface area (TPSA) is 76.2 Å². The minimum absolute atomic E-state index is 0.0331. The van der Waals surface area contributed by atoms with E-state index >= 15 is 0 Å².